The molecular formula is C23H26FN3O6. The predicted octanol–water partition coefficient (Wildman–Crippen LogP) is 3.24. The number of primary amides is 1. The van der Waals surface area contributed by atoms with Gasteiger partial charge >= 0.3 is 12.1 Å². The number of esters is 1. The lowest BCUT2D eigenvalue weighted by atomic mass is 10.2. The molecule has 0 aliphatic carbocycles. The van der Waals surface area contributed by atoms with Gasteiger partial charge in [-0.25, -0.2) is 14.0 Å². The van der Waals surface area contributed by atoms with Crippen LogP contribution in [-0.2, 0) is 19.1 Å². The molecule has 0 aliphatic heterocycles. The van der Waals surface area contributed by atoms with Crippen LogP contribution in [-0.4, -0.2) is 42.6 Å². The number of nitrogens with zero attached hydrogens (tertiary/aromatic N) is 1. The Morgan fingerprint density at radius 3 is 2.33 bits per heavy atom. The van der Waals surface area contributed by atoms with E-state index < -0.39 is 41.9 Å². The number of halogens is 1. The Bertz CT molecular complexity index is 1020. The van der Waals surface area contributed by atoms with Crippen molar-refractivity contribution in [2.24, 2.45) is 5.73 Å². The average molecular weight is 459 g/mol. The molecule has 2 aromatic carbocycles. The third-order valence-corrected chi connectivity index (χ3v) is 4.09. The van der Waals surface area contributed by atoms with Crippen LogP contribution in [0.25, 0.3) is 0 Å². The van der Waals surface area contributed by atoms with E-state index in [1.807, 2.05) is 0 Å². The second-order valence-electron chi connectivity index (χ2n) is 8.02. The summed E-state index contributed by atoms with van der Waals surface area (Å²) in [6, 6.07) is 11.0. The standard InChI is InChI=1S/C23H26FN3O6/c1-23(2,3)33-22(31)26-17-6-4-5-15(13-17)21(30)32-14-20(29)27(12-11-19(25)28)18-9-7-16(24)8-10-18/h4-10,13H,11-12,14H2,1-3H3,(H2,25,28)(H,26,31). The van der Waals surface area contributed by atoms with E-state index in [4.69, 9.17) is 15.2 Å². The van der Waals surface area contributed by atoms with Crippen LogP contribution in [0, 0.1) is 5.82 Å². The van der Waals surface area contributed by atoms with Gasteiger partial charge in [-0.15, -0.1) is 0 Å². The summed E-state index contributed by atoms with van der Waals surface area (Å²) >= 11 is 0. The van der Waals surface area contributed by atoms with Crippen LogP contribution in [0.15, 0.2) is 48.5 Å². The zero-order valence-corrected chi connectivity index (χ0v) is 18.6. The number of carbonyl (C=O) groups is 4. The monoisotopic (exact) mass is 459 g/mol. The minimum Gasteiger partial charge on any atom is -0.452 e. The SMILES string of the molecule is CC(C)(C)OC(=O)Nc1cccc(C(=O)OCC(=O)N(CCC(N)=O)c2ccc(F)cc2)c1. The van der Waals surface area contributed by atoms with E-state index in [1.54, 1.807) is 26.8 Å². The van der Waals surface area contributed by atoms with Gasteiger partial charge in [-0.05, 0) is 63.2 Å². The summed E-state index contributed by atoms with van der Waals surface area (Å²) in [5.41, 5.74) is 5.20. The molecule has 0 saturated heterocycles. The predicted molar refractivity (Wildman–Crippen MR) is 119 cm³/mol. The highest BCUT2D eigenvalue weighted by atomic mass is 19.1. The van der Waals surface area contributed by atoms with Gasteiger partial charge in [0.1, 0.15) is 11.4 Å². The smallest absolute Gasteiger partial charge is 0.412 e. The van der Waals surface area contributed by atoms with E-state index in [2.05, 4.69) is 5.32 Å². The molecule has 0 spiro atoms. The van der Waals surface area contributed by atoms with Crippen LogP contribution in [0.4, 0.5) is 20.6 Å². The van der Waals surface area contributed by atoms with Crippen molar-refractivity contribution in [3.63, 3.8) is 0 Å². The molecule has 0 radical (unpaired) electrons. The van der Waals surface area contributed by atoms with E-state index in [9.17, 15) is 23.6 Å². The van der Waals surface area contributed by atoms with Gasteiger partial charge in [0.2, 0.25) is 5.91 Å². The quantitative estimate of drug-likeness (QED) is 0.583. The number of hydrogen-bond donors (Lipinski definition) is 2. The topological polar surface area (TPSA) is 128 Å². The number of hydrogen-bond acceptors (Lipinski definition) is 6. The van der Waals surface area contributed by atoms with E-state index in [-0.39, 0.29) is 18.5 Å². The third-order valence-electron chi connectivity index (χ3n) is 4.09. The molecule has 0 aliphatic rings. The van der Waals surface area contributed by atoms with Crippen molar-refractivity contribution < 1.29 is 33.0 Å². The number of carbonyl (C=O) groups excluding carboxylic acids is 4. The van der Waals surface area contributed by atoms with Crippen molar-refractivity contribution >= 4 is 35.3 Å². The first-order valence-corrected chi connectivity index (χ1v) is 10.1. The first-order chi connectivity index (χ1) is 15.4. The minimum absolute atomic E-state index is 0.0629. The summed E-state index contributed by atoms with van der Waals surface area (Å²) < 4.78 is 23.5. The van der Waals surface area contributed by atoms with Gasteiger partial charge in [0, 0.05) is 24.3 Å². The summed E-state index contributed by atoms with van der Waals surface area (Å²) in [5.74, 6) is -2.54. The van der Waals surface area contributed by atoms with E-state index in [0.29, 0.717) is 11.4 Å². The van der Waals surface area contributed by atoms with Crippen molar-refractivity contribution in [2.45, 2.75) is 32.8 Å². The number of ether oxygens (including phenoxy) is 2. The van der Waals surface area contributed by atoms with Gasteiger partial charge in [-0.1, -0.05) is 6.07 Å². The van der Waals surface area contributed by atoms with Gasteiger partial charge in [0.25, 0.3) is 5.91 Å². The van der Waals surface area contributed by atoms with E-state index in [0.717, 1.165) is 12.1 Å². The molecule has 3 N–H and O–H groups in total. The fourth-order valence-electron chi connectivity index (χ4n) is 2.67. The van der Waals surface area contributed by atoms with E-state index >= 15 is 0 Å². The fraction of sp³-hybridized carbons (Fsp3) is 0.304. The highest BCUT2D eigenvalue weighted by molar-refractivity contribution is 5.98. The summed E-state index contributed by atoms with van der Waals surface area (Å²) in [6.45, 7) is 4.47. The Labute approximate surface area is 190 Å². The third kappa shape index (κ3) is 8.60. The minimum atomic E-state index is -0.801. The molecule has 0 saturated carbocycles. The summed E-state index contributed by atoms with van der Waals surface area (Å²) in [6.07, 6.45) is -0.817. The number of nitrogens with two attached hydrogens (primary N) is 1. The maximum absolute atomic E-state index is 13.2. The van der Waals surface area contributed by atoms with Gasteiger partial charge in [0.15, 0.2) is 6.61 Å². The van der Waals surface area contributed by atoms with Crippen LogP contribution in [0.2, 0.25) is 0 Å². The Morgan fingerprint density at radius 1 is 1.06 bits per heavy atom. The first-order valence-electron chi connectivity index (χ1n) is 10.1. The molecular weight excluding hydrogens is 433 g/mol. The Kier molecular flexibility index (Phi) is 8.49. The molecule has 0 bridgehead atoms. The molecule has 0 unspecified atom stereocenters. The Balaban J connectivity index is 2.03. The lowest BCUT2D eigenvalue weighted by Crippen LogP contribution is -2.37. The van der Waals surface area contributed by atoms with Gasteiger partial charge < -0.3 is 20.1 Å². The van der Waals surface area contributed by atoms with E-state index in [1.165, 1.54) is 35.2 Å². The molecule has 0 atom stereocenters. The molecule has 33 heavy (non-hydrogen) atoms. The zero-order chi connectivity index (χ0) is 24.6. The lowest BCUT2D eigenvalue weighted by Gasteiger charge is -2.22. The van der Waals surface area contributed by atoms with Crippen molar-refractivity contribution in [1.82, 2.24) is 0 Å². The Morgan fingerprint density at radius 2 is 1.73 bits per heavy atom. The molecule has 0 aromatic heterocycles. The average Bonchev–Trinajstić information content (AvgIpc) is 2.72. The second-order valence-corrected chi connectivity index (χ2v) is 8.02. The van der Waals surface area contributed by atoms with Crippen LogP contribution < -0.4 is 16.0 Å². The largest absolute Gasteiger partial charge is 0.452 e. The molecule has 0 heterocycles. The lowest BCUT2D eigenvalue weighted by molar-refractivity contribution is -0.121. The molecule has 9 nitrogen and oxygen atoms in total. The van der Waals surface area contributed by atoms with Gasteiger partial charge in [-0.2, -0.15) is 0 Å². The summed E-state index contributed by atoms with van der Waals surface area (Å²) in [5, 5.41) is 2.51. The van der Waals surface area contributed by atoms with Crippen LogP contribution in [0.3, 0.4) is 0 Å². The normalized spacial score (nSPS) is 10.8. The molecule has 2 rings (SSSR count). The Hall–Kier alpha value is -3.95. The maximum Gasteiger partial charge on any atom is 0.412 e. The number of nitrogens with one attached hydrogen (secondary N) is 1. The second kappa shape index (κ2) is 11.1. The molecule has 0 fully saturated rings. The van der Waals surface area contributed by atoms with Crippen molar-refractivity contribution in [1.29, 1.82) is 0 Å². The number of benzene rings is 2. The summed E-state index contributed by atoms with van der Waals surface area (Å²) in [7, 11) is 0. The highest BCUT2D eigenvalue weighted by Gasteiger charge is 2.20. The molecule has 10 heteroatoms. The number of anilines is 2. The highest BCUT2D eigenvalue weighted by Crippen LogP contribution is 2.17. The van der Waals surface area contributed by atoms with Crippen LogP contribution in [0.1, 0.15) is 37.6 Å². The van der Waals surface area contributed by atoms with Crippen molar-refractivity contribution in [2.75, 3.05) is 23.4 Å². The summed E-state index contributed by atoms with van der Waals surface area (Å²) in [4.78, 5) is 49.3. The number of rotatable bonds is 8. The molecule has 3 amide bonds. The fourth-order valence-corrected chi connectivity index (χ4v) is 2.67. The van der Waals surface area contributed by atoms with Crippen molar-refractivity contribution in [3.8, 4) is 0 Å². The zero-order valence-electron chi connectivity index (χ0n) is 18.6. The van der Waals surface area contributed by atoms with Gasteiger partial charge in [0.05, 0.1) is 5.56 Å². The van der Waals surface area contributed by atoms with Crippen molar-refractivity contribution in [3.05, 3.63) is 59.9 Å². The maximum atomic E-state index is 13.2. The number of amides is 3. The molecule has 176 valence electrons. The van der Waals surface area contributed by atoms with Gasteiger partial charge in [-0.3, -0.25) is 14.9 Å². The molecule has 2 aromatic rings. The first kappa shape index (κ1) is 25.3. The van der Waals surface area contributed by atoms with Crippen LogP contribution >= 0.6 is 0 Å². The van der Waals surface area contributed by atoms with Crippen LogP contribution in [0.5, 0.6) is 0 Å².